The Kier molecular flexibility index (Phi) is 6.47. The second-order valence-electron chi connectivity index (χ2n) is 8.24. The molecule has 2 aliphatic rings. The Balaban J connectivity index is 1.80. The number of rotatable bonds is 6. The van der Waals surface area contributed by atoms with Crippen molar-refractivity contribution < 1.29 is 32.3 Å². The van der Waals surface area contributed by atoms with Crippen LogP contribution >= 0.6 is 0 Å². The highest BCUT2D eigenvalue weighted by Gasteiger charge is 2.68. The van der Waals surface area contributed by atoms with Crippen LogP contribution in [0.1, 0.15) is 56.3 Å². The lowest BCUT2D eigenvalue weighted by Crippen LogP contribution is -2.69. The standard InChI is InChI=1S/C21H26F3N3O4/c1-13(2)31-16-10-8-15(9-11-16)17(28)25-20(21(22,23)24)18(29)27(19(30)26-20)12-14-6-4-3-5-7-14/h8-11,13-14H,3-7,12H2,1-2H3,(H,25,28)(H,26,30)/t20-/m0/s1. The molecule has 1 aliphatic heterocycles. The molecule has 0 spiro atoms. The molecule has 1 atom stereocenters. The van der Waals surface area contributed by atoms with Gasteiger partial charge in [-0.25, -0.2) is 4.79 Å². The van der Waals surface area contributed by atoms with Crippen LogP contribution < -0.4 is 15.4 Å². The summed E-state index contributed by atoms with van der Waals surface area (Å²) in [6.07, 6.45) is -1.01. The molecule has 1 aromatic carbocycles. The lowest BCUT2D eigenvalue weighted by molar-refractivity contribution is -0.200. The van der Waals surface area contributed by atoms with Gasteiger partial charge < -0.3 is 10.1 Å². The van der Waals surface area contributed by atoms with Crippen LogP contribution in [-0.4, -0.2) is 47.2 Å². The number of imide groups is 1. The van der Waals surface area contributed by atoms with Crippen molar-refractivity contribution in [2.45, 2.75) is 63.9 Å². The summed E-state index contributed by atoms with van der Waals surface area (Å²) >= 11 is 0. The Morgan fingerprint density at radius 1 is 1.19 bits per heavy atom. The van der Waals surface area contributed by atoms with Gasteiger partial charge in [0, 0.05) is 12.1 Å². The summed E-state index contributed by atoms with van der Waals surface area (Å²) in [6.45, 7) is 3.52. The van der Waals surface area contributed by atoms with Gasteiger partial charge in [-0.2, -0.15) is 13.2 Å². The first kappa shape index (κ1) is 22.9. The molecule has 1 saturated heterocycles. The number of ether oxygens (including phenoxy) is 1. The molecule has 1 aliphatic carbocycles. The number of hydrogen-bond acceptors (Lipinski definition) is 4. The van der Waals surface area contributed by atoms with Crippen LogP contribution in [0.3, 0.4) is 0 Å². The molecule has 4 amide bonds. The van der Waals surface area contributed by atoms with Gasteiger partial charge in [-0.05, 0) is 56.9 Å². The lowest BCUT2D eigenvalue weighted by atomic mass is 9.89. The zero-order valence-electron chi connectivity index (χ0n) is 17.4. The third kappa shape index (κ3) is 4.77. The molecule has 10 heteroatoms. The van der Waals surface area contributed by atoms with Crippen molar-refractivity contribution in [2.75, 3.05) is 6.54 Å². The van der Waals surface area contributed by atoms with Gasteiger partial charge in [0.05, 0.1) is 6.10 Å². The molecule has 31 heavy (non-hydrogen) atoms. The van der Waals surface area contributed by atoms with E-state index in [2.05, 4.69) is 0 Å². The quantitative estimate of drug-likeness (QED) is 0.661. The van der Waals surface area contributed by atoms with Gasteiger partial charge in [-0.3, -0.25) is 19.8 Å². The zero-order chi connectivity index (χ0) is 22.8. The Morgan fingerprint density at radius 3 is 2.35 bits per heavy atom. The zero-order valence-corrected chi connectivity index (χ0v) is 17.4. The van der Waals surface area contributed by atoms with Gasteiger partial charge in [-0.15, -0.1) is 0 Å². The van der Waals surface area contributed by atoms with E-state index < -0.39 is 29.7 Å². The van der Waals surface area contributed by atoms with Gasteiger partial charge in [-0.1, -0.05) is 19.3 Å². The van der Waals surface area contributed by atoms with E-state index in [1.165, 1.54) is 24.3 Å². The predicted molar refractivity (Wildman–Crippen MR) is 105 cm³/mol. The SMILES string of the molecule is CC(C)Oc1ccc(C(=O)N[C@]2(C(F)(F)F)NC(=O)N(CC3CCCCC3)C2=O)cc1. The summed E-state index contributed by atoms with van der Waals surface area (Å²) in [7, 11) is 0. The summed E-state index contributed by atoms with van der Waals surface area (Å²) in [5.41, 5.74) is -3.60. The van der Waals surface area contributed by atoms with Gasteiger partial charge in [0.25, 0.3) is 17.5 Å². The smallest absolute Gasteiger partial charge is 0.440 e. The second kappa shape index (κ2) is 8.76. The van der Waals surface area contributed by atoms with E-state index in [4.69, 9.17) is 4.74 Å². The highest BCUT2D eigenvalue weighted by molar-refractivity contribution is 6.10. The summed E-state index contributed by atoms with van der Waals surface area (Å²) < 4.78 is 47.4. The first-order valence-corrected chi connectivity index (χ1v) is 10.3. The third-order valence-electron chi connectivity index (χ3n) is 5.49. The number of carbonyl (C=O) groups excluding carboxylic acids is 3. The topological polar surface area (TPSA) is 87.7 Å². The van der Waals surface area contributed by atoms with Crippen molar-refractivity contribution in [3.63, 3.8) is 0 Å². The van der Waals surface area contributed by atoms with Crippen molar-refractivity contribution in [1.29, 1.82) is 0 Å². The molecule has 0 bridgehead atoms. The highest BCUT2D eigenvalue weighted by Crippen LogP contribution is 2.35. The average molecular weight is 441 g/mol. The normalized spacial score (nSPS) is 22.6. The number of hydrogen-bond donors (Lipinski definition) is 2. The fourth-order valence-electron chi connectivity index (χ4n) is 3.92. The van der Waals surface area contributed by atoms with E-state index >= 15 is 0 Å². The van der Waals surface area contributed by atoms with E-state index in [1.54, 1.807) is 24.5 Å². The maximum absolute atomic E-state index is 14.0. The first-order valence-electron chi connectivity index (χ1n) is 10.3. The summed E-state index contributed by atoms with van der Waals surface area (Å²) in [5.74, 6) is -2.25. The van der Waals surface area contributed by atoms with Crippen LogP contribution in [0.25, 0.3) is 0 Å². The minimum Gasteiger partial charge on any atom is -0.491 e. The lowest BCUT2D eigenvalue weighted by Gasteiger charge is -2.30. The molecule has 3 rings (SSSR count). The Labute approximate surface area is 178 Å². The van der Waals surface area contributed by atoms with Crippen LogP contribution in [0, 0.1) is 5.92 Å². The van der Waals surface area contributed by atoms with Gasteiger partial charge in [0.2, 0.25) is 0 Å². The first-order chi connectivity index (χ1) is 14.5. The molecule has 7 nitrogen and oxygen atoms in total. The monoisotopic (exact) mass is 441 g/mol. The Hall–Kier alpha value is -2.78. The molecule has 2 fully saturated rings. The maximum Gasteiger partial charge on any atom is 0.440 e. The van der Waals surface area contributed by atoms with Crippen LogP contribution in [0.5, 0.6) is 5.75 Å². The Morgan fingerprint density at radius 2 is 1.81 bits per heavy atom. The molecule has 2 N–H and O–H groups in total. The third-order valence-corrected chi connectivity index (χ3v) is 5.49. The molecule has 170 valence electrons. The minimum atomic E-state index is -5.22. The van der Waals surface area contributed by atoms with E-state index in [0.717, 1.165) is 32.1 Å². The molecular formula is C21H26F3N3O4. The molecule has 1 aromatic rings. The highest BCUT2D eigenvalue weighted by atomic mass is 19.4. The molecular weight excluding hydrogens is 415 g/mol. The maximum atomic E-state index is 14.0. The van der Waals surface area contributed by atoms with Crippen LogP contribution in [-0.2, 0) is 4.79 Å². The molecule has 1 heterocycles. The number of nitrogens with one attached hydrogen (secondary N) is 2. The number of amides is 4. The minimum absolute atomic E-state index is 0.0447. The predicted octanol–water partition coefficient (Wildman–Crippen LogP) is 3.59. The molecule has 0 aromatic heterocycles. The van der Waals surface area contributed by atoms with E-state index in [-0.39, 0.29) is 24.1 Å². The van der Waals surface area contributed by atoms with Gasteiger partial charge in [0.15, 0.2) is 0 Å². The number of benzene rings is 1. The van der Waals surface area contributed by atoms with Crippen molar-refractivity contribution in [2.24, 2.45) is 5.92 Å². The van der Waals surface area contributed by atoms with Gasteiger partial charge in [0.1, 0.15) is 5.75 Å². The summed E-state index contributed by atoms with van der Waals surface area (Å²) in [5, 5.41) is 3.42. The van der Waals surface area contributed by atoms with Crippen LogP contribution in [0.15, 0.2) is 24.3 Å². The fraction of sp³-hybridized carbons (Fsp3) is 0.571. The number of nitrogens with zero attached hydrogens (tertiary/aromatic N) is 1. The second-order valence-corrected chi connectivity index (χ2v) is 8.24. The number of alkyl halides is 3. The van der Waals surface area contributed by atoms with Crippen molar-refractivity contribution >= 4 is 17.8 Å². The van der Waals surface area contributed by atoms with E-state index in [0.29, 0.717) is 10.6 Å². The molecule has 0 radical (unpaired) electrons. The van der Waals surface area contributed by atoms with Crippen LogP contribution in [0.2, 0.25) is 0 Å². The van der Waals surface area contributed by atoms with Crippen molar-refractivity contribution in [1.82, 2.24) is 15.5 Å². The van der Waals surface area contributed by atoms with E-state index in [1.807, 2.05) is 0 Å². The average Bonchev–Trinajstić information content (AvgIpc) is 2.94. The number of carbonyl (C=O) groups is 3. The number of urea groups is 1. The molecule has 0 unspecified atom stereocenters. The summed E-state index contributed by atoms with van der Waals surface area (Å²) in [6, 6.07) is 4.31. The number of halogens is 3. The fourth-order valence-corrected chi connectivity index (χ4v) is 3.92. The van der Waals surface area contributed by atoms with Gasteiger partial charge >= 0.3 is 12.2 Å². The molecule has 1 saturated carbocycles. The van der Waals surface area contributed by atoms with Crippen LogP contribution in [0.4, 0.5) is 18.0 Å². The Bertz CT molecular complexity index is 835. The summed E-state index contributed by atoms with van der Waals surface area (Å²) in [4.78, 5) is 38.2. The largest absolute Gasteiger partial charge is 0.491 e. The van der Waals surface area contributed by atoms with E-state index in [9.17, 15) is 27.6 Å². The van der Waals surface area contributed by atoms with Crippen molar-refractivity contribution in [3.05, 3.63) is 29.8 Å². The van der Waals surface area contributed by atoms with Crippen molar-refractivity contribution in [3.8, 4) is 5.75 Å².